The molecule has 1 saturated carbocycles. The summed E-state index contributed by atoms with van der Waals surface area (Å²) in [6.45, 7) is 0. The molecule has 2 aromatic rings. The highest BCUT2D eigenvalue weighted by atomic mass is 32.2. The quantitative estimate of drug-likeness (QED) is 0.783. The second kappa shape index (κ2) is 6.52. The van der Waals surface area contributed by atoms with E-state index in [9.17, 15) is 4.79 Å². The molecule has 2 aromatic heterocycles. The molecule has 0 atom stereocenters. The summed E-state index contributed by atoms with van der Waals surface area (Å²) < 4.78 is 1.87. The fourth-order valence-electron chi connectivity index (χ4n) is 2.37. The van der Waals surface area contributed by atoms with Crippen LogP contribution in [0.4, 0.5) is 5.13 Å². The molecule has 0 N–H and O–H groups in total. The lowest BCUT2D eigenvalue weighted by Gasteiger charge is -2.14. The van der Waals surface area contributed by atoms with Crippen molar-refractivity contribution in [2.24, 2.45) is 0 Å². The number of thioether (sulfide) groups is 1. The fraction of sp³-hybridized carbons (Fsp3) is 0.583. The van der Waals surface area contributed by atoms with Crippen LogP contribution in [0.15, 0.2) is 16.7 Å². The molecule has 1 aliphatic rings. The first-order chi connectivity index (χ1) is 10.3. The molecular weight excluding hydrogens is 308 g/mol. The Morgan fingerprint density at radius 3 is 3.05 bits per heavy atom. The van der Waals surface area contributed by atoms with Gasteiger partial charge in [-0.1, -0.05) is 24.6 Å². The largest absolute Gasteiger partial charge is 0.291 e. The summed E-state index contributed by atoms with van der Waals surface area (Å²) >= 11 is 2.83. The van der Waals surface area contributed by atoms with E-state index < -0.39 is 0 Å². The number of nitrogens with zero attached hydrogens (tertiary/aromatic N) is 6. The van der Waals surface area contributed by atoms with E-state index in [-0.39, 0.29) is 5.91 Å². The molecule has 9 heteroatoms. The molecule has 21 heavy (non-hydrogen) atoms. The molecule has 1 fully saturated rings. The summed E-state index contributed by atoms with van der Waals surface area (Å²) in [5.41, 5.74) is 0. The van der Waals surface area contributed by atoms with Crippen molar-refractivity contribution in [3.05, 3.63) is 11.6 Å². The van der Waals surface area contributed by atoms with Crippen LogP contribution in [0.3, 0.4) is 0 Å². The third kappa shape index (κ3) is 3.24. The Kier molecular flexibility index (Phi) is 4.49. The summed E-state index contributed by atoms with van der Waals surface area (Å²) in [5.74, 6) is 0.305. The first-order valence-electron chi connectivity index (χ1n) is 6.82. The third-order valence-electron chi connectivity index (χ3n) is 3.54. The van der Waals surface area contributed by atoms with Gasteiger partial charge in [-0.2, -0.15) is 0 Å². The first kappa shape index (κ1) is 14.5. The van der Waals surface area contributed by atoms with Crippen molar-refractivity contribution in [2.45, 2.75) is 36.9 Å². The van der Waals surface area contributed by atoms with Gasteiger partial charge in [-0.15, -0.1) is 16.4 Å². The van der Waals surface area contributed by atoms with Crippen molar-refractivity contribution in [3.8, 4) is 0 Å². The van der Waals surface area contributed by atoms with Gasteiger partial charge in [0.15, 0.2) is 5.13 Å². The second-order valence-electron chi connectivity index (χ2n) is 4.90. The Morgan fingerprint density at radius 1 is 1.52 bits per heavy atom. The minimum Gasteiger partial charge on any atom is -0.291 e. The minimum atomic E-state index is -0.00378. The number of tetrazole rings is 1. The fourth-order valence-corrected chi connectivity index (χ4v) is 3.85. The van der Waals surface area contributed by atoms with Crippen LogP contribution in [0.5, 0.6) is 0 Å². The van der Waals surface area contributed by atoms with Gasteiger partial charge in [0.2, 0.25) is 11.1 Å². The number of thiazole rings is 1. The van der Waals surface area contributed by atoms with E-state index in [2.05, 4.69) is 20.5 Å². The van der Waals surface area contributed by atoms with Gasteiger partial charge in [0.05, 0.1) is 11.8 Å². The highest BCUT2D eigenvalue weighted by Gasteiger charge is 2.22. The Morgan fingerprint density at radius 2 is 2.33 bits per heavy atom. The number of hydrogen-bond acceptors (Lipinski definition) is 7. The van der Waals surface area contributed by atoms with E-state index in [0.29, 0.717) is 16.9 Å². The number of anilines is 1. The summed E-state index contributed by atoms with van der Waals surface area (Å²) in [6, 6.07) is 0.384. The van der Waals surface area contributed by atoms with E-state index in [1.54, 1.807) is 18.1 Å². The number of amides is 1. The van der Waals surface area contributed by atoms with E-state index in [4.69, 9.17) is 0 Å². The Balaban J connectivity index is 1.60. The average molecular weight is 324 g/mol. The standard InChI is InChI=1S/C12H16N6OS2/c1-17(11-13-6-7-20-11)10(19)8-21-12-14-15-16-18(12)9-4-2-3-5-9/h6-7,9H,2-5,8H2,1H3. The van der Waals surface area contributed by atoms with Crippen LogP contribution in [0, 0.1) is 0 Å². The highest BCUT2D eigenvalue weighted by Crippen LogP contribution is 2.31. The topological polar surface area (TPSA) is 76.8 Å². The molecule has 0 saturated heterocycles. The van der Waals surface area contributed by atoms with Crippen LogP contribution >= 0.6 is 23.1 Å². The summed E-state index contributed by atoms with van der Waals surface area (Å²) in [4.78, 5) is 17.9. The maximum absolute atomic E-state index is 12.2. The lowest BCUT2D eigenvalue weighted by Crippen LogP contribution is -2.28. The van der Waals surface area contributed by atoms with Crippen LogP contribution < -0.4 is 4.90 Å². The molecule has 1 amide bonds. The maximum atomic E-state index is 12.2. The van der Waals surface area contributed by atoms with Gasteiger partial charge in [-0.25, -0.2) is 9.67 Å². The monoisotopic (exact) mass is 324 g/mol. The normalized spacial score (nSPS) is 15.5. The van der Waals surface area contributed by atoms with Gasteiger partial charge in [0.1, 0.15) is 0 Å². The molecule has 0 aromatic carbocycles. The van der Waals surface area contributed by atoms with E-state index >= 15 is 0 Å². The summed E-state index contributed by atoms with van der Waals surface area (Å²) in [6.07, 6.45) is 6.37. The van der Waals surface area contributed by atoms with Crippen LogP contribution in [-0.2, 0) is 4.79 Å². The lowest BCUT2D eigenvalue weighted by molar-refractivity contribution is -0.115. The highest BCUT2D eigenvalue weighted by molar-refractivity contribution is 7.99. The molecule has 2 heterocycles. The molecule has 0 unspecified atom stereocenters. The first-order valence-corrected chi connectivity index (χ1v) is 8.69. The Hall–Kier alpha value is -1.48. The van der Waals surface area contributed by atoms with Gasteiger partial charge < -0.3 is 0 Å². The zero-order valence-electron chi connectivity index (χ0n) is 11.7. The number of aromatic nitrogens is 5. The van der Waals surface area contributed by atoms with Crippen molar-refractivity contribution in [3.63, 3.8) is 0 Å². The van der Waals surface area contributed by atoms with Crippen LogP contribution in [0.1, 0.15) is 31.7 Å². The number of rotatable bonds is 5. The van der Waals surface area contributed by atoms with Crippen LogP contribution in [0.2, 0.25) is 0 Å². The molecule has 112 valence electrons. The molecule has 1 aliphatic carbocycles. The van der Waals surface area contributed by atoms with Gasteiger partial charge in [-0.05, 0) is 23.3 Å². The van der Waals surface area contributed by atoms with Gasteiger partial charge in [0.25, 0.3) is 0 Å². The predicted molar refractivity (Wildman–Crippen MR) is 81.6 cm³/mol. The van der Waals surface area contributed by atoms with Crippen molar-refractivity contribution < 1.29 is 4.79 Å². The second-order valence-corrected chi connectivity index (χ2v) is 6.72. The van der Waals surface area contributed by atoms with Gasteiger partial charge in [-0.3, -0.25) is 9.69 Å². The lowest BCUT2D eigenvalue weighted by atomic mass is 10.3. The molecule has 0 aliphatic heterocycles. The van der Waals surface area contributed by atoms with Crippen molar-refractivity contribution >= 4 is 34.1 Å². The number of carbonyl (C=O) groups is 1. The predicted octanol–water partition coefficient (Wildman–Crippen LogP) is 2.00. The van der Waals surface area contributed by atoms with Crippen molar-refractivity contribution in [1.82, 2.24) is 25.2 Å². The zero-order valence-corrected chi connectivity index (χ0v) is 13.3. The van der Waals surface area contributed by atoms with Crippen LogP contribution in [0.25, 0.3) is 0 Å². The van der Waals surface area contributed by atoms with Gasteiger partial charge in [0, 0.05) is 18.6 Å². The maximum Gasteiger partial charge on any atom is 0.238 e. The van der Waals surface area contributed by atoms with E-state index in [1.807, 2.05) is 10.1 Å². The van der Waals surface area contributed by atoms with Crippen LogP contribution in [-0.4, -0.2) is 43.9 Å². The SMILES string of the molecule is CN(C(=O)CSc1nnnn1C1CCCC1)c1nccs1. The summed E-state index contributed by atoms with van der Waals surface area (Å²) in [7, 11) is 1.74. The summed E-state index contributed by atoms with van der Waals surface area (Å²) in [5, 5.41) is 15.1. The molecule has 0 bridgehead atoms. The van der Waals surface area contributed by atoms with E-state index in [0.717, 1.165) is 18.0 Å². The molecule has 7 nitrogen and oxygen atoms in total. The third-order valence-corrected chi connectivity index (χ3v) is 5.30. The molecule has 3 rings (SSSR count). The Labute approximate surface area is 130 Å². The molecule has 0 spiro atoms. The van der Waals surface area contributed by atoms with Crippen molar-refractivity contribution in [1.29, 1.82) is 0 Å². The van der Waals surface area contributed by atoms with Gasteiger partial charge >= 0.3 is 0 Å². The average Bonchev–Trinajstić information content (AvgIpc) is 3.25. The minimum absolute atomic E-state index is 0.00378. The number of hydrogen-bond donors (Lipinski definition) is 0. The smallest absolute Gasteiger partial charge is 0.238 e. The zero-order chi connectivity index (χ0) is 14.7. The molecule has 0 radical (unpaired) electrons. The Bertz CT molecular complexity index is 593. The molecular formula is C12H16N6OS2. The van der Waals surface area contributed by atoms with Crippen molar-refractivity contribution in [2.75, 3.05) is 17.7 Å². The van der Waals surface area contributed by atoms with E-state index in [1.165, 1.54) is 35.9 Å². The number of carbonyl (C=O) groups excluding carboxylic acids is 1.